The Hall–Kier alpha value is -2.36. The molecule has 0 aliphatic carbocycles. The van der Waals surface area contributed by atoms with Crippen molar-refractivity contribution in [3.63, 3.8) is 0 Å². The average molecular weight is 298 g/mol. The highest BCUT2D eigenvalue weighted by Crippen LogP contribution is 2.29. The maximum Gasteiger partial charge on any atom is 0.226 e. The highest BCUT2D eigenvalue weighted by molar-refractivity contribution is 6.09. The molecule has 2 rings (SSSR count). The Morgan fingerprint density at radius 3 is 1.41 bits per heavy atom. The fourth-order valence-electron chi connectivity index (χ4n) is 2.08. The fourth-order valence-corrected chi connectivity index (χ4v) is 2.08. The van der Waals surface area contributed by atoms with Crippen LogP contribution in [0.2, 0.25) is 0 Å². The molecule has 0 aliphatic rings. The molecule has 0 spiro atoms. The Balaban J connectivity index is 2.42. The zero-order valence-electron chi connectivity index (χ0n) is 13.4. The van der Waals surface area contributed by atoms with Gasteiger partial charge < -0.3 is 10.6 Å². The van der Waals surface area contributed by atoms with Gasteiger partial charge in [-0.1, -0.05) is 52.0 Å². The Morgan fingerprint density at radius 2 is 1.09 bits per heavy atom. The van der Waals surface area contributed by atoms with Crippen molar-refractivity contribution < 1.29 is 9.59 Å². The maximum atomic E-state index is 11.9. The molecule has 0 atom stereocenters. The quantitative estimate of drug-likeness (QED) is 0.895. The summed E-state index contributed by atoms with van der Waals surface area (Å²) in [5.74, 6) is -0.216. The summed E-state index contributed by atoms with van der Waals surface area (Å²) in [6, 6.07) is 11.4. The van der Waals surface area contributed by atoms with Crippen molar-refractivity contribution in [3.05, 3.63) is 36.4 Å². The molecule has 22 heavy (non-hydrogen) atoms. The second-order valence-corrected chi connectivity index (χ2v) is 5.99. The lowest BCUT2D eigenvalue weighted by atomic mass is 10.1. The lowest BCUT2D eigenvalue weighted by Gasteiger charge is -2.14. The number of anilines is 2. The zero-order chi connectivity index (χ0) is 16.3. The van der Waals surface area contributed by atoms with Crippen molar-refractivity contribution in [2.75, 3.05) is 10.6 Å². The predicted molar refractivity (Wildman–Crippen MR) is 90.9 cm³/mol. The third kappa shape index (κ3) is 3.45. The number of fused-ring (bicyclic) bond motifs is 1. The number of amides is 2. The van der Waals surface area contributed by atoms with Crippen LogP contribution in [0.15, 0.2) is 36.4 Å². The van der Waals surface area contributed by atoms with Gasteiger partial charge in [0.25, 0.3) is 0 Å². The molecule has 2 aromatic carbocycles. The molecule has 0 heterocycles. The van der Waals surface area contributed by atoms with Crippen LogP contribution in [0.5, 0.6) is 0 Å². The summed E-state index contributed by atoms with van der Waals surface area (Å²) in [4.78, 5) is 23.9. The second kappa shape index (κ2) is 6.60. The normalized spacial score (nSPS) is 11.0. The third-order valence-electron chi connectivity index (χ3n) is 3.49. The summed E-state index contributed by atoms with van der Waals surface area (Å²) in [6.45, 7) is 7.42. The number of carbonyl (C=O) groups excluding carboxylic acids is 2. The standard InChI is InChI=1S/C18H22N2O2/c1-11(2)17(21)19-15-9-5-8-14-13(15)7-6-10-16(14)20-18(22)12(3)4/h5-12H,1-4H3,(H,19,21)(H,20,22). The van der Waals surface area contributed by atoms with Gasteiger partial charge in [-0.05, 0) is 12.1 Å². The first-order chi connectivity index (χ1) is 10.4. The monoisotopic (exact) mass is 298 g/mol. The topological polar surface area (TPSA) is 58.2 Å². The minimum Gasteiger partial charge on any atom is -0.325 e. The SMILES string of the molecule is CC(C)C(=O)Nc1cccc2c(NC(=O)C(C)C)cccc12. The van der Waals surface area contributed by atoms with E-state index in [1.807, 2.05) is 64.1 Å². The molecule has 116 valence electrons. The van der Waals surface area contributed by atoms with Crippen molar-refractivity contribution in [2.24, 2.45) is 11.8 Å². The molecule has 2 N–H and O–H groups in total. The van der Waals surface area contributed by atoms with Gasteiger partial charge in [-0.3, -0.25) is 9.59 Å². The van der Waals surface area contributed by atoms with Gasteiger partial charge >= 0.3 is 0 Å². The number of benzene rings is 2. The van der Waals surface area contributed by atoms with E-state index in [2.05, 4.69) is 10.6 Å². The molecule has 2 aromatic rings. The number of carbonyl (C=O) groups is 2. The van der Waals surface area contributed by atoms with Crippen molar-refractivity contribution in [1.82, 2.24) is 0 Å². The van der Waals surface area contributed by atoms with E-state index in [0.29, 0.717) is 0 Å². The molecule has 0 radical (unpaired) electrons. The molecule has 4 heteroatoms. The van der Waals surface area contributed by atoms with E-state index >= 15 is 0 Å². The average Bonchev–Trinajstić information content (AvgIpc) is 2.47. The van der Waals surface area contributed by atoms with Crippen LogP contribution < -0.4 is 10.6 Å². The predicted octanol–water partition coefficient (Wildman–Crippen LogP) is 4.03. The highest BCUT2D eigenvalue weighted by Gasteiger charge is 2.12. The minimum absolute atomic E-state index is 0.0240. The van der Waals surface area contributed by atoms with E-state index in [1.54, 1.807) is 0 Å². The van der Waals surface area contributed by atoms with Gasteiger partial charge in [0.1, 0.15) is 0 Å². The van der Waals surface area contributed by atoms with E-state index < -0.39 is 0 Å². The minimum atomic E-state index is -0.0842. The van der Waals surface area contributed by atoms with Gasteiger partial charge in [-0.25, -0.2) is 0 Å². The largest absolute Gasteiger partial charge is 0.325 e. The van der Waals surface area contributed by atoms with E-state index in [9.17, 15) is 9.59 Å². The Bertz CT molecular complexity index is 644. The molecule has 0 saturated carbocycles. The van der Waals surface area contributed by atoms with E-state index in [4.69, 9.17) is 0 Å². The van der Waals surface area contributed by atoms with Crippen LogP contribution >= 0.6 is 0 Å². The first-order valence-electron chi connectivity index (χ1n) is 7.53. The summed E-state index contributed by atoms with van der Waals surface area (Å²) in [5, 5.41) is 7.70. The smallest absolute Gasteiger partial charge is 0.226 e. The summed E-state index contributed by atoms with van der Waals surface area (Å²) < 4.78 is 0. The van der Waals surface area contributed by atoms with Crippen molar-refractivity contribution in [3.8, 4) is 0 Å². The first-order valence-corrected chi connectivity index (χ1v) is 7.53. The van der Waals surface area contributed by atoms with Gasteiger partial charge in [0.15, 0.2) is 0 Å². The molecule has 0 aliphatic heterocycles. The fraction of sp³-hybridized carbons (Fsp3) is 0.333. The van der Waals surface area contributed by atoms with Crippen LogP contribution in [0, 0.1) is 11.8 Å². The van der Waals surface area contributed by atoms with Gasteiger partial charge in [0.05, 0.1) is 0 Å². The van der Waals surface area contributed by atoms with Gasteiger partial charge in [-0.15, -0.1) is 0 Å². The molecular formula is C18H22N2O2. The Labute approximate surface area is 130 Å². The molecule has 0 bridgehead atoms. The summed E-state index contributed by atoms with van der Waals surface area (Å²) in [7, 11) is 0. The van der Waals surface area contributed by atoms with Crippen LogP contribution in [0.3, 0.4) is 0 Å². The van der Waals surface area contributed by atoms with Gasteiger partial charge in [0.2, 0.25) is 11.8 Å². The summed E-state index contributed by atoms with van der Waals surface area (Å²) in [5.41, 5.74) is 1.52. The molecular weight excluding hydrogens is 276 g/mol. The van der Waals surface area contributed by atoms with Crippen LogP contribution in [-0.2, 0) is 9.59 Å². The number of nitrogens with one attached hydrogen (secondary N) is 2. The molecule has 0 fully saturated rings. The summed E-state index contributed by atoms with van der Waals surface area (Å²) >= 11 is 0. The highest BCUT2D eigenvalue weighted by atomic mass is 16.2. The van der Waals surface area contributed by atoms with Crippen LogP contribution in [0.25, 0.3) is 10.8 Å². The third-order valence-corrected chi connectivity index (χ3v) is 3.49. The second-order valence-electron chi connectivity index (χ2n) is 5.99. The maximum absolute atomic E-state index is 11.9. The Kier molecular flexibility index (Phi) is 4.81. The lowest BCUT2D eigenvalue weighted by molar-refractivity contribution is -0.119. The number of hydrogen-bond donors (Lipinski definition) is 2. The van der Waals surface area contributed by atoms with Crippen molar-refractivity contribution >= 4 is 34.0 Å². The molecule has 0 aromatic heterocycles. The van der Waals surface area contributed by atoms with Crippen LogP contribution in [0.1, 0.15) is 27.7 Å². The molecule has 2 amide bonds. The Morgan fingerprint density at radius 1 is 0.727 bits per heavy atom. The summed E-state index contributed by atoms with van der Waals surface area (Å²) in [6.07, 6.45) is 0. The van der Waals surface area contributed by atoms with E-state index in [1.165, 1.54) is 0 Å². The molecule has 4 nitrogen and oxygen atoms in total. The van der Waals surface area contributed by atoms with Crippen LogP contribution in [-0.4, -0.2) is 11.8 Å². The molecule has 0 saturated heterocycles. The number of hydrogen-bond acceptors (Lipinski definition) is 2. The van der Waals surface area contributed by atoms with Crippen molar-refractivity contribution in [1.29, 1.82) is 0 Å². The number of rotatable bonds is 4. The first kappa shape index (κ1) is 16.0. The zero-order valence-corrected chi connectivity index (χ0v) is 13.4. The molecule has 0 unspecified atom stereocenters. The van der Waals surface area contributed by atoms with Crippen LogP contribution in [0.4, 0.5) is 11.4 Å². The van der Waals surface area contributed by atoms with E-state index in [0.717, 1.165) is 22.1 Å². The van der Waals surface area contributed by atoms with Crippen molar-refractivity contribution in [2.45, 2.75) is 27.7 Å². The van der Waals surface area contributed by atoms with Gasteiger partial charge in [0, 0.05) is 34.0 Å². The lowest BCUT2D eigenvalue weighted by Crippen LogP contribution is -2.19. The van der Waals surface area contributed by atoms with Gasteiger partial charge in [-0.2, -0.15) is 0 Å². The van der Waals surface area contributed by atoms with E-state index in [-0.39, 0.29) is 23.7 Å².